The molecule has 1 heterocycles. The summed E-state index contributed by atoms with van der Waals surface area (Å²) in [5.74, 6) is 0. The van der Waals surface area contributed by atoms with Crippen molar-refractivity contribution >= 4 is 5.57 Å². The summed E-state index contributed by atoms with van der Waals surface area (Å²) in [7, 11) is 0. The van der Waals surface area contributed by atoms with Gasteiger partial charge in [0.15, 0.2) is 0 Å². The SMILES string of the molecule is C=CCC1=c2ccccc2=NC1C. The van der Waals surface area contributed by atoms with Gasteiger partial charge in [-0.1, -0.05) is 24.3 Å². The summed E-state index contributed by atoms with van der Waals surface area (Å²) in [5.41, 5.74) is 1.39. The van der Waals surface area contributed by atoms with Gasteiger partial charge in [0, 0.05) is 5.22 Å². The molecule has 1 aliphatic heterocycles. The van der Waals surface area contributed by atoms with Crippen LogP contribution in [-0.2, 0) is 0 Å². The predicted octanol–water partition coefficient (Wildman–Crippen LogP) is 1.44. The van der Waals surface area contributed by atoms with E-state index in [0.29, 0.717) is 6.04 Å². The fourth-order valence-electron chi connectivity index (χ4n) is 1.81. The van der Waals surface area contributed by atoms with E-state index in [1.807, 2.05) is 12.1 Å². The number of hydrogen-bond acceptors (Lipinski definition) is 1. The van der Waals surface area contributed by atoms with E-state index < -0.39 is 0 Å². The highest BCUT2D eigenvalue weighted by atomic mass is 14.8. The Morgan fingerprint density at radius 3 is 3.00 bits per heavy atom. The van der Waals surface area contributed by atoms with Crippen LogP contribution < -0.4 is 10.6 Å². The average molecular weight is 171 g/mol. The molecule has 2 rings (SSSR count). The van der Waals surface area contributed by atoms with Crippen LogP contribution in [-0.4, -0.2) is 6.04 Å². The first-order chi connectivity index (χ1) is 6.33. The Morgan fingerprint density at radius 1 is 1.46 bits per heavy atom. The molecule has 0 aliphatic carbocycles. The van der Waals surface area contributed by atoms with Crippen molar-refractivity contribution in [2.75, 3.05) is 0 Å². The molecule has 1 unspecified atom stereocenters. The minimum atomic E-state index is 0.329. The van der Waals surface area contributed by atoms with E-state index in [0.717, 1.165) is 11.8 Å². The van der Waals surface area contributed by atoms with Gasteiger partial charge in [0.05, 0.1) is 11.4 Å². The fraction of sp³-hybridized carbons (Fsp3) is 0.250. The standard InChI is InChI=1S/C12H13N/c1-3-6-10-9(2)13-12-8-5-4-7-11(10)12/h3-5,7-9H,1,6H2,2H3. The lowest BCUT2D eigenvalue weighted by molar-refractivity contribution is 0.913. The second kappa shape index (κ2) is 3.17. The van der Waals surface area contributed by atoms with Gasteiger partial charge in [-0.3, -0.25) is 4.99 Å². The zero-order valence-electron chi connectivity index (χ0n) is 7.83. The maximum Gasteiger partial charge on any atom is 0.0700 e. The van der Waals surface area contributed by atoms with Crippen LogP contribution in [0.25, 0.3) is 5.57 Å². The van der Waals surface area contributed by atoms with Crippen LogP contribution in [0.15, 0.2) is 41.9 Å². The topological polar surface area (TPSA) is 12.4 Å². The molecule has 13 heavy (non-hydrogen) atoms. The van der Waals surface area contributed by atoms with Gasteiger partial charge in [0.1, 0.15) is 0 Å². The first-order valence-corrected chi connectivity index (χ1v) is 4.60. The molecule has 0 fully saturated rings. The van der Waals surface area contributed by atoms with E-state index in [2.05, 4.69) is 36.7 Å². The van der Waals surface area contributed by atoms with E-state index in [1.54, 1.807) is 0 Å². The van der Waals surface area contributed by atoms with Crippen molar-refractivity contribution in [1.82, 2.24) is 0 Å². The van der Waals surface area contributed by atoms with E-state index in [-0.39, 0.29) is 0 Å². The average Bonchev–Trinajstić information content (AvgIpc) is 2.44. The van der Waals surface area contributed by atoms with Crippen molar-refractivity contribution in [3.8, 4) is 0 Å². The summed E-state index contributed by atoms with van der Waals surface area (Å²) in [5, 5.41) is 2.43. The van der Waals surface area contributed by atoms with Crippen molar-refractivity contribution in [3.63, 3.8) is 0 Å². The minimum absolute atomic E-state index is 0.329. The molecule has 0 aromatic heterocycles. The third-order valence-electron chi connectivity index (χ3n) is 2.45. The molecule has 0 radical (unpaired) electrons. The largest absolute Gasteiger partial charge is 0.277 e. The molecule has 0 spiro atoms. The maximum absolute atomic E-state index is 4.57. The van der Waals surface area contributed by atoms with Crippen molar-refractivity contribution in [2.24, 2.45) is 4.99 Å². The molecule has 0 saturated carbocycles. The Labute approximate surface area is 78.1 Å². The van der Waals surface area contributed by atoms with Crippen molar-refractivity contribution in [1.29, 1.82) is 0 Å². The zero-order chi connectivity index (χ0) is 9.26. The second-order valence-electron chi connectivity index (χ2n) is 3.34. The molecule has 1 atom stereocenters. The smallest absolute Gasteiger partial charge is 0.0700 e. The second-order valence-corrected chi connectivity index (χ2v) is 3.34. The van der Waals surface area contributed by atoms with Crippen LogP contribution in [0, 0.1) is 0 Å². The molecular formula is C12H13N. The minimum Gasteiger partial charge on any atom is -0.277 e. The van der Waals surface area contributed by atoms with Crippen LogP contribution in [0.1, 0.15) is 13.3 Å². The lowest BCUT2D eigenvalue weighted by Crippen LogP contribution is -2.21. The lowest BCUT2D eigenvalue weighted by atomic mass is 10.1. The van der Waals surface area contributed by atoms with Gasteiger partial charge in [0.2, 0.25) is 0 Å². The number of rotatable bonds is 2. The Balaban J connectivity index is 2.68. The van der Waals surface area contributed by atoms with Gasteiger partial charge < -0.3 is 0 Å². The molecule has 66 valence electrons. The van der Waals surface area contributed by atoms with E-state index >= 15 is 0 Å². The number of hydrogen-bond donors (Lipinski definition) is 0. The Bertz CT molecular complexity index is 442. The molecule has 0 N–H and O–H groups in total. The number of fused-ring (bicyclic) bond motifs is 1. The molecule has 0 bridgehead atoms. The summed E-state index contributed by atoms with van der Waals surface area (Å²) in [6.07, 6.45) is 2.89. The van der Waals surface area contributed by atoms with E-state index in [4.69, 9.17) is 0 Å². The van der Waals surface area contributed by atoms with E-state index in [1.165, 1.54) is 10.8 Å². The molecular weight excluding hydrogens is 158 g/mol. The Morgan fingerprint density at radius 2 is 2.23 bits per heavy atom. The van der Waals surface area contributed by atoms with Crippen molar-refractivity contribution < 1.29 is 0 Å². The molecule has 1 aromatic rings. The van der Waals surface area contributed by atoms with Gasteiger partial charge in [-0.05, 0) is 25.0 Å². The summed E-state index contributed by atoms with van der Waals surface area (Å²) in [6, 6.07) is 8.64. The number of para-hydroxylation sites is 1. The lowest BCUT2D eigenvalue weighted by Gasteiger charge is -2.03. The van der Waals surface area contributed by atoms with Gasteiger partial charge in [0.25, 0.3) is 0 Å². The summed E-state index contributed by atoms with van der Waals surface area (Å²) >= 11 is 0. The zero-order valence-corrected chi connectivity index (χ0v) is 7.83. The molecule has 1 aromatic carbocycles. The number of nitrogens with zero attached hydrogens (tertiary/aromatic N) is 1. The van der Waals surface area contributed by atoms with Crippen LogP contribution in [0.4, 0.5) is 0 Å². The molecule has 0 saturated heterocycles. The first kappa shape index (κ1) is 8.24. The first-order valence-electron chi connectivity index (χ1n) is 4.60. The third kappa shape index (κ3) is 1.31. The molecule has 1 nitrogen and oxygen atoms in total. The Hall–Kier alpha value is -1.37. The van der Waals surface area contributed by atoms with Crippen LogP contribution in [0.3, 0.4) is 0 Å². The molecule has 1 aliphatic rings. The van der Waals surface area contributed by atoms with Gasteiger partial charge in [-0.15, -0.1) is 6.58 Å². The molecule has 1 heteroatoms. The van der Waals surface area contributed by atoms with Gasteiger partial charge >= 0.3 is 0 Å². The van der Waals surface area contributed by atoms with Crippen molar-refractivity contribution in [3.05, 3.63) is 47.5 Å². The predicted molar refractivity (Wildman–Crippen MR) is 54.9 cm³/mol. The number of allylic oxidation sites excluding steroid dienone is 1. The monoisotopic (exact) mass is 171 g/mol. The summed E-state index contributed by atoms with van der Waals surface area (Å²) in [6.45, 7) is 5.91. The van der Waals surface area contributed by atoms with Gasteiger partial charge in [-0.2, -0.15) is 0 Å². The van der Waals surface area contributed by atoms with Gasteiger partial charge in [-0.25, -0.2) is 0 Å². The summed E-state index contributed by atoms with van der Waals surface area (Å²) < 4.78 is 0. The van der Waals surface area contributed by atoms with Crippen LogP contribution >= 0.6 is 0 Å². The normalized spacial score (nSPS) is 19.5. The van der Waals surface area contributed by atoms with Crippen molar-refractivity contribution in [2.45, 2.75) is 19.4 Å². The highest BCUT2D eigenvalue weighted by Gasteiger charge is 2.12. The Kier molecular flexibility index (Phi) is 2.01. The maximum atomic E-state index is 4.57. The highest BCUT2D eigenvalue weighted by molar-refractivity contribution is 5.54. The highest BCUT2D eigenvalue weighted by Crippen LogP contribution is 2.12. The number of benzene rings is 1. The fourth-order valence-corrected chi connectivity index (χ4v) is 1.81. The van der Waals surface area contributed by atoms with Crippen LogP contribution in [0.2, 0.25) is 0 Å². The summed E-state index contributed by atoms with van der Waals surface area (Å²) in [4.78, 5) is 4.57. The molecule has 0 amide bonds. The van der Waals surface area contributed by atoms with Crippen LogP contribution in [0.5, 0.6) is 0 Å². The third-order valence-corrected chi connectivity index (χ3v) is 2.45. The van der Waals surface area contributed by atoms with E-state index in [9.17, 15) is 0 Å². The quantitative estimate of drug-likeness (QED) is 0.597.